The Kier molecular flexibility index (Phi) is 4.10. The molecule has 0 unspecified atom stereocenters. The van der Waals surface area contributed by atoms with E-state index in [0.717, 1.165) is 24.9 Å². The molecule has 2 aromatic rings. The number of phenolic OH excluding ortho intramolecular Hbond substituents is 1. The van der Waals surface area contributed by atoms with Crippen molar-refractivity contribution < 1.29 is 13.5 Å². The fraction of sp³-hybridized carbons (Fsp3) is 0.400. The molecule has 1 saturated heterocycles. The second-order valence-corrected chi connectivity index (χ2v) is 9.39. The highest BCUT2D eigenvalue weighted by Gasteiger charge is 2.51. The van der Waals surface area contributed by atoms with Crippen LogP contribution < -0.4 is 4.72 Å². The minimum atomic E-state index is -3.62. The summed E-state index contributed by atoms with van der Waals surface area (Å²) in [5.74, 6) is 0.229. The first-order valence-electron chi connectivity index (χ1n) is 8.91. The molecule has 0 amide bonds. The molecule has 1 fully saturated rings. The third-order valence-corrected chi connectivity index (χ3v) is 7.55. The van der Waals surface area contributed by atoms with Crippen molar-refractivity contribution in [3.05, 3.63) is 59.7 Å². The smallest absolute Gasteiger partial charge is 0.240 e. The summed E-state index contributed by atoms with van der Waals surface area (Å²) in [4.78, 5) is 2.53. The van der Waals surface area contributed by atoms with E-state index in [-0.39, 0.29) is 28.1 Å². The Labute approximate surface area is 154 Å². The highest BCUT2D eigenvalue weighted by atomic mass is 32.2. The van der Waals surface area contributed by atoms with Gasteiger partial charge in [-0.05, 0) is 61.8 Å². The van der Waals surface area contributed by atoms with Crippen LogP contribution in [0.2, 0.25) is 0 Å². The summed E-state index contributed by atoms with van der Waals surface area (Å²) in [5.41, 5.74) is 1.89. The van der Waals surface area contributed by atoms with Crippen LogP contribution in [0.15, 0.2) is 53.4 Å². The molecule has 6 heteroatoms. The zero-order valence-electron chi connectivity index (χ0n) is 15.0. The van der Waals surface area contributed by atoms with Crippen molar-refractivity contribution >= 4 is 10.0 Å². The maximum absolute atomic E-state index is 13.0. The summed E-state index contributed by atoms with van der Waals surface area (Å²) in [6.07, 6.45) is 1.60. The second-order valence-electron chi connectivity index (χ2n) is 7.67. The minimum Gasteiger partial charge on any atom is -0.508 e. The number of hydrogen-bond donors (Lipinski definition) is 2. The monoisotopic (exact) mass is 372 g/mol. The van der Waals surface area contributed by atoms with Crippen molar-refractivity contribution in [2.45, 2.75) is 42.2 Å². The lowest BCUT2D eigenvalue weighted by molar-refractivity contribution is 0.0777. The molecule has 2 bridgehead atoms. The van der Waals surface area contributed by atoms with Gasteiger partial charge in [0.25, 0.3) is 0 Å². The van der Waals surface area contributed by atoms with Gasteiger partial charge in [0.2, 0.25) is 10.0 Å². The molecule has 26 heavy (non-hydrogen) atoms. The van der Waals surface area contributed by atoms with E-state index < -0.39 is 10.0 Å². The van der Waals surface area contributed by atoms with Crippen LogP contribution in [0.4, 0.5) is 0 Å². The maximum Gasteiger partial charge on any atom is 0.240 e. The number of nitrogens with zero attached hydrogens (tertiary/aromatic N) is 1. The molecule has 4 rings (SSSR count). The SMILES string of the molecule is CN1CC[C@@]2(C)c3cc(O)ccc3C[C@@H]1[C@@H]2NS(=O)(=O)c1ccccc1. The summed E-state index contributed by atoms with van der Waals surface area (Å²) in [6, 6.07) is 13.8. The summed E-state index contributed by atoms with van der Waals surface area (Å²) < 4.78 is 29.0. The van der Waals surface area contributed by atoms with E-state index in [1.165, 1.54) is 5.56 Å². The first-order chi connectivity index (χ1) is 12.3. The number of benzene rings is 2. The van der Waals surface area contributed by atoms with E-state index in [1.807, 2.05) is 12.1 Å². The molecule has 2 aliphatic rings. The summed E-state index contributed by atoms with van der Waals surface area (Å²) >= 11 is 0. The minimum absolute atomic E-state index is 0.0873. The van der Waals surface area contributed by atoms with E-state index in [0.29, 0.717) is 0 Å². The number of likely N-dealkylation sites (tertiary alicyclic amines) is 1. The normalized spacial score (nSPS) is 28.5. The Hall–Kier alpha value is -1.89. The van der Waals surface area contributed by atoms with Gasteiger partial charge in [-0.2, -0.15) is 0 Å². The predicted molar refractivity (Wildman–Crippen MR) is 101 cm³/mol. The van der Waals surface area contributed by atoms with Crippen LogP contribution in [0.5, 0.6) is 5.75 Å². The van der Waals surface area contributed by atoms with Gasteiger partial charge in [-0.15, -0.1) is 0 Å². The number of rotatable bonds is 3. The molecule has 1 heterocycles. The Morgan fingerprint density at radius 1 is 1.19 bits per heavy atom. The average Bonchev–Trinajstić information content (AvgIpc) is 2.62. The van der Waals surface area contributed by atoms with E-state index in [4.69, 9.17) is 0 Å². The Morgan fingerprint density at radius 3 is 2.65 bits per heavy atom. The number of sulfonamides is 1. The lowest BCUT2D eigenvalue weighted by Crippen LogP contribution is -2.66. The van der Waals surface area contributed by atoms with Gasteiger partial charge in [0.15, 0.2) is 0 Å². The summed E-state index contributed by atoms with van der Waals surface area (Å²) in [6.45, 7) is 3.02. The molecule has 2 N–H and O–H groups in total. The van der Waals surface area contributed by atoms with Gasteiger partial charge in [-0.3, -0.25) is 0 Å². The molecule has 5 nitrogen and oxygen atoms in total. The molecule has 0 spiro atoms. The van der Waals surface area contributed by atoms with E-state index in [2.05, 4.69) is 23.6 Å². The third kappa shape index (κ3) is 2.73. The number of likely N-dealkylation sites (N-methyl/N-ethyl adjacent to an activating group) is 1. The van der Waals surface area contributed by atoms with Gasteiger partial charge < -0.3 is 10.0 Å². The summed E-state index contributed by atoms with van der Waals surface area (Å²) in [7, 11) is -1.56. The fourth-order valence-electron chi connectivity index (χ4n) is 4.53. The van der Waals surface area contributed by atoms with E-state index >= 15 is 0 Å². The highest BCUT2D eigenvalue weighted by molar-refractivity contribution is 7.89. The van der Waals surface area contributed by atoms with Crippen LogP contribution in [0.25, 0.3) is 0 Å². The molecular weight excluding hydrogens is 348 g/mol. The fourth-order valence-corrected chi connectivity index (χ4v) is 5.93. The molecule has 0 saturated carbocycles. The molecule has 138 valence electrons. The van der Waals surface area contributed by atoms with E-state index in [9.17, 15) is 13.5 Å². The van der Waals surface area contributed by atoms with Gasteiger partial charge in [0.1, 0.15) is 5.75 Å². The molecule has 1 aliphatic carbocycles. The van der Waals surface area contributed by atoms with Crippen molar-refractivity contribution in [1.29, 1.82) is 0 Å². The van der Waals surface area contributed by atoms with Gasteiger partial charge in [-0.1, -0.05) is 31.2 Å². The third-order valence-electron chi connectivity index (χ3n) is 6.09. The maximum atomic E-state index is 13.0. The second kappa shape index (κ2) is 6.08. The molecule has 0 aromatic heterocycles. The molecule has 2 aromatic carbocycles. The van der Waals surface area contributed by atoms with Crippen molar-refractivity contribution in [2.75, 3.05) is 13.6 Å². The highest BCUT2D eigenvalue weighted by Crippen LogP contribution is 2.45. The van der Waals surface area contributed by atoms with Crippen molar-refractivity contribution in [3.8, 4) is 5.75 Å². The number of phenols is 1. The quantitative estimate of drug-likeness (QED) is 0.867. The number of hydrogen-bond acceptors (Lipinski definition) is 4. The lowest BCUT2D eigenvalue weighted by Gasteiger charge is -2.54. The number of fused-ring (bicyclic) bond motifs is 4. The number of nitrogens with one attached hydrogen (secondary N) is 1. The molecule has 0 radical (unpaired) electrons. The van der Waals surface area contributed by atoms with E-state index in [1.54, 1.807) is 36.4 Å². The molecule has 3 atom stereocenters. The van der Waals surface area contributed by atoms with Crippen LogP contribution >= 0.6 is 0 Å². The Bertz CT molecular complexity index is 929. The Morgan fingerprint density at radius 2 is 1.92 bits per heavy atom. The van der Waals surface area contributed by atoms with Gasteiger partial charge in [0, 0.05) is 17.5 Å². The Balaban J connectivity index is 1.78. The van der Waals surface area contributed by atoms with Gasteiger partial charge >= 0.3 is 0 Å². The average molecular weight is 372 g/mol. The first kappa shape index (κ1) is 17.5. The van der Waals surface area contributed by atoms with Gasteiger partial charge in [-0.25, -0.2) is 13.1 Å². The molecular formula is C20H24N2O3S. The standard InChI is InChI=1S/C20H24N2O3S/c1-20-10-11-22(2)18(12-14-8-9-15(23)13-17(14)20)19(20)21-26(24,25)16-6-4-3-5-7-16/h3-9,13,18-19,21,23H,10-12H2,1-2H3/t18-,19+,20+/m1/s1. The van der Waals surface area contributed by atoms with Crippen LogP contribution in [0, 0.1) is 0 Å². The zero-order chi connectivity index (χ0) is 18.5. The molecule has 1 aliphatic heterocycles. The zero-order valence-corrected chi connectivity index (χ0v) is 15.8. The van der Waals surface area contributed by atoms with Crippen molar-refractivity contribution in [3.63, 3.8) is 0 Å². The van der Waals surface area contributed by atoms with Gasteiger partial charge in [0.05, 0.1) is 4.90 Å². The number of piperidine rings is 1. The van der Waals surface area contributed by atoms with Crippen LogP contribution in [-0.4, -0.2) is 44.1 Å². The van der Waals surface area contributed by atoms with Crippen molar-refractivity contribution in [2.24, 2.45) is 0 Å². The topological polar surface area (TPSA) is 69.6 Å². The lowest BCUT2D eigenvalue weighted by atomic mass is 9.62. The predicted octanol–water partition coefficient (Wildman–Crippen LogP) is 2.26. The summed E-state index contributed by atoms with van der Waals surface area (Å²) in [5, 5.41) is 10.00. The van der Waals surface area contributed by atoms with Crippen LogP contribution in [-0.2, 0) is 21.9 Å². The largest absolute Gasteiger partial charge is 0.508 e. The number of aromatic hydroxyl groups is 1. The first-order valence-corrected chi connectivity index (χ1v) is 10.4. The van der Waals surface area contributed by atoms with Crippen LogP contribution in [0.3, 0.4) is 0 Å². The van der Waals surface area contributed by atoms with Crippen molar-refractivity contribution in [1.82, 2.24) is 9.62 Å². The van der Waals surface area contributed by atoms with Crippen LogP contribution in [0.1, 0.15) is 24.5 Å².